The maximum absolute atomic E-state index is 4.38. The lowest BCUT2D eigenvalue weighted by atomic mass is 10.1. The third-order valence-electron chi connectivity index (χ3n) is 2.54. The highest BCUT2D eigenvalue weighted by Crippen LogP contribution is 2.10. The normalized spacial score (nSPS) is 22.5. The van der Waals surface area contributed by atoms with Crippen molar-refractivity contribution in [2.75, 3.05) is 19.6 Å². The van der Waals surface area contributed by atoms with Gasteiger partial charge >= 0.3 is 0 Å². The first-order valence-electron chi connectivity index (χ1n) is 5.19. The SMILES string of the molecule is CC(S)CCCN1CCCCC1. The van der Waals surface area contributed by atoms with Crippen LogP contribution in [0.15, 0.2) is 0 Å². The van der Waals surface area contributed by atoms with E-state index in [4.69, 9.17) is 0 Å². The van der Waals surface area contributed by atoms with Crippen LogP contribution in [-0.2, 0) is 0 Å². The number of nitrogens with zero attached hydrogens (tertiary/aromatic N) is 1. The Bertz CT molecular complexity index is 108. The van der Waals surface area contributed by atoms with Gasteiger partial charge in [0.25, 0.3) is 0 Å². The lowest BCUT2D eigenvalue weighted by Gasteiger charge is -2.26. The Labute approximate surface area is 81.9 Å². The second-order valence-electron chi connectivity index (χ2n) is 3.89. The molecule has 1 nitrogen and oxygen atoms in total. The number of hydrogen-bond donors (Lipinski definition) is 1. The average molecular weight is 187 g/mol. The monoisotopic (exact) mass is 187 g/mol. The van der Waals surface area contributed by atoms with Crippen LogP contribution in [0.5, 0.6) is 0 Å². The summed E-state index contributed by atoms with van der Waals surface area (Å²) >= 11 is 4.38. The standard InChI is InChI=1S/C10H21NS/c1-10(12)6-5-9-11-7-3-2-4-8-11/h10,12H,2-9H2,1H3. The van der Waals surface area contributed by atoms with Crippen LogP contribution in [0, 0.1) is 0 Å². The number of thiol groups is 1. The first-order valence-corrected chi connectivity index (χ1v) is 5.71. The zero-order valence-corrected chi connectivity index (χ0v) is 9.02. The third kappa shape index (κ3) is 4.36. The van der Waals surface area contributed by atoms with Crippen LogP contribution in [0.2, 0.25) is 0 Å². The molecule has 1 unspecified atom stereocenters. The maximum Gasteiger partial charge on any atom is -0.00111 e. The van der Waals surface area contributed by atoms with Crippen LogP contribution in [0.4, 0.5) is 0 Å². The fraction of sp³-hybridized carbons (Fsp3) is 1.00. The van der Waals surface area contributed by atoms with E-state index in [1.54, 1.807) is 0 Å². The van der Waals surface area contributed by atoms with Gasteiger partial charge in [0.1, 0.15) is 0 Å². The molecule has 1 aliphatic heterocycles. The summed E-state index contributed by atoms with van der Waals surface area (Å²) in [4.78, 5) is 2.60. The van der Waals surface area contributed by atoms with E-state index in [0.29, 0.717) is 5.25 Å². The van der Waals surface area contributed by atoms with Crippen LogP contribution in [-0.4, -0.2) is 29.8 Å². The minimum Gasteiger partial charge on any atom is -0.303 e. The van der Waals surface area contributed by atoms with Crippen LogP contribution in [0.25, 0.3) is 0 Å². The number of hydrogen-bond acceptors (Lipinski definition) is 2. The van der Waals surface area contributed by atoms with E-state index in [1.807, 2.05) is 0 Å². The summed E-state index contributed by atoms with van der Waals surface area (Å²) in [5.74, 6) is 0. The van der Waals surface area contributed by atoms with Crippen LogP contribution in [0.1, 0.15) is 39.0 Å². The molecule has 0 aromatic heterocycles. The lowest BCUT2D eigenvalue weighted by Crippen LogP contribution is -2.30. The van der Waals surface area contributed by atoms with Crippen molar-refractivity contribution >= 4 is 12.6 Å². The van der Waals surface area contributed by atoms with Crippen molar-refractivity contribution in [1.29, 1.82) is 0 Å². The molecule has 1 fully saturated rings. The molecule has 0 aromatic carbocycles. The highest BCUT2D eigenvalue weighted by molar-refractivity contribution is 7.80. The quantitative estimate of drug-likeness (QED) is 0.662. The summed E-state index contributed by atoms with van der Waals surface area (Å²) in [5, 5.41) is 0.579. The van der Waals surface area contributed by atoms with Crippen LogP contribution >= 0.6 is 12.6 Å². The van der Waals surface area contributed by atoms with Crippen molar-refractivity contribution in [3.63, 3.8) is 0 Å². The van der Waals surface area contributed by atoms with Gasteiger partial charge in [-0.1, -0.05) is 13.3 Å². The van der Waals surface area contributed by atoms with Crippen LogP contribution < -0.4 is 0 Å². The summed E-state index contributed by atoms with van der Waals surface area (Å²) in [7, 11) is 0. The van der Waals surface area contributed by atoms with Crippen molar-refractivity contribution in [2.24, 2.45) is 0 Å². The van der Waals surface area contributed by atoms with E-state index in [2.05, 4.69) is 24.5 Å². The molecule has 1 heterocycles. The average Bonchev–Trinajstić information content (AvgIpc) is 2.05. The van der Waals surface area contributed by atoms with E-state index >= 15 is 0 Å². The molecule has 2 heteroatoms. The summed E-state index contributed by atoms with van der Waals surface area (Å²) in [6, 6.07) is 0. The van der Waals surface area contributed by atoms with Crippen molar-refractivity contribution in [3.05, 3.63) is 0 Å². The first kappa shape index (κ1) is 10.4. The summed E-state index contributed by atoms with van der Waals surface area (Å²) in [5.41, 5.74) is 0. The van der Waals surface area contributed by atoms with Crippen LogP contribution in [0.3, 0.4) is 0 Å². The Morgan fingerprint density at radius 3 is 2.50 bits per heavy atom. The minimum absolute atomic E-state index is 0.579. The maximum atomic E-state index is 4.38. The zero-order chi connectivity index (χ0) is 8.81. The highest BCUT2D eigenvalue weighted by Gasteiger charge is 2.08. The number of piperidine rings is 1. The lowest BCUT2D eigenvalue weighted by molar-refractivity contribution is 0.225. The Morgan fingerprint density at radius 2 is 1.92 bits per heavy atom. The molecule has 0 bridgehead atoms. The molecule has 0 N–H and O–H groups in total. The molecule has 72 valence electrons. The topological polar surface area (TPSA) is 3.24 Å². The molecule has 12 heavy (non-hydrogen) atoms. The van der Waals surface area contributed by atoms with Crippen molar-refractivity contribution < 1.29 is 0 Å². The predicted octanol–water partition coefficient (Wildman–Crippen LogP) is 2.57. The van der Waals surface area contributed by atoms with E-state index in [-0.39, 0.29) is 0 Å². The highest BCUT2D eigenvalue weighted by atomic mass is 32.1. The van der Waals surface area contributed by atoms with Crippen molar-refractivity contribution in [2.45, 2.75) is 44.3 Å². The molecule has 0 aromatic rings. The Kier molecular flexibility index (Phi) is 5.08. The van der Waals surface area contributed by atoms with Gasteiger partial charge in [-0.2, -0.15) is 12.6 Å². The fourth-order valence-electron chi connectivity index (χ4n) is 1.79. The van der Waals surface area contributed by atoms with E-state index in [0.717, 1.165) is 0 Å². The number of likely N-dealkylation sites (tertiary alicyclic amines) is 1. The van der Waals surface area contributed by atoms with Gasteiger partial charge in [-0.25, -0.2) is 0 Å². The Hall–Kier alpha value is 0.310. The van der Waals surface area contributed by atoms with Gasteiger partial charge in [0.15, 0.2) is 0 Å². The van der Waals surface area contributed by atoms with Gasteiger partial charge in [0.2, 0.25) is 0 Å². The molecule has 0 amide bonds. The predicted molar refractivity (Wildman–Crippen MR) is 58.0 cm³/mol. The molecule has 1 aliphatic rings. The van der Waals surface area contributed by atoms with Crippen molar-refractivity contribution in [1.82, 2.24) is 4.90 Å². The third-order valence-corrected chi connectivity index (χ3v) is 2.80. The Morgan fingerprint density at radius 1 is 1.25 bits per heavy atom. The van der Waals surface area contributed by atoms with Gasteiger partial charge in [-0.05, 0) is 50.6 Å². The molecule has 0 spiro atoms. The minimum atomic E-state index is 0.579. The van der Waals surface area contributed by atoms with Gasteiger partial charge in [0.05, 0.1) is 0 Å². The zero-order valence-electron chi connectivity index (χ0n) is 8.13. The fourth-order valence-corrected chi connectivity index (χ4v) is 1.98. The van der Waals surface area contributed by atoms with Gasteiger partial charge < -0.3 is 4.90 Å². The molecular formula is C10H21NS. The molecule has 0 radical (unpaired) electrons. The van der Waals surface area contributed by atoms with E-state index in [1.165, 1.54) is 51.7 Å². The molecule has 0 saturated carbocycles. The van der Waals surface area contributed by atoms with Gasteiger partial charge in [-0.15, -0.1) is 0 Å². The first-order chi connectivity index (χ1) is 5.79. The van der Waals surface area contributed by atoms with Gasteiger partial charge in [0, 0.05) is 0 Å². The summed E-state index contributed by atoms with van der Waals surface area (Å²) < 4.78 is 0. The summed E-state index contributed by atoms with van der Waals surface area (Å²) in [6.07, 6.45) is 6.86. The summed E-state index contributed by atoms with van der Waals surface area (Å²) in [6.45, 7) is 6.14. The molecule has 1 rings (SSSR count). The van der Waals surface area contributed by atoms with E-state index < -0.39 is 0 Å². The molecule has 1 saturated heterocycles. The molecular weight excluding hydrogens is 166 g/mol. The van der Waals surface area contributed by atoms with E-state index in [9.17, 15) is 0 Å². The second kappa shape index (κ2) is 5.87. The Balaban J connectivity index is 1.98. The van der Waals surface area contributed by atoms with Gasteiger partial charge in [-0.3, -0.25) is 0 Å². The number of rotatable bonds is 4. The molecule has 0 aliphatic carbocycles. The second-order valence-corrected chi connectivity index (χ2v) is 4.78. The smallest absolute Gasteiger partial charge is 0.00111 e. The van der Waals surface area contributed by atoms with Crippen molar-refractivity contribution in [3.8, 4) is 0 Å². The molecule has 1 atom stereocenters. The largest absolute Gasteiger partial charge is 0.303 e.